The standard InChI is InChI=1S/C25H22F2N4O6/c1-13-3-4-31-19(10-15-11-30(5-6-36-15)25(34)35-2)22(29-20(31)7-13)21-16(26)8-14(9-17(21)27)23-28-18(12-37-23)24(32)33/h3-4,7-9,12,15H,5-6,10-11H2,1-2H3,(H,32,33). The third kappa shape index (κ3) is 4.62. The molecular formula is C25H22F2N4O6. The summed E-state index contributed by atoms with van der Waals surface area (Å²) >= 11 is 0. The molecule has 0 spiro atoms. The second-order valence-electron chi connectivity index (χ2n) is 8.61. The number of benzene rings is 1. The van der Waals surface area contributed by atoms with Gasteiger partial charge in [0.2, 0.25) is 5.89 Å². The van der Waals surface area contributed by atoms with Gasteiger partial charge in [0.25, 0.3) is 0 Å². The molecule has 1 amide bonds. The van der Waals surface area contributed by atoms with E-state index in [0.717, 1.165) is 24.0 Å². The van der Waals surface area contributed by atoms with Crippen molar-refractivity contribution in [3.8, 4) is 22.7 Å². The summed E-state index contributed by atoms with van der Waals surface area (Å²) in [5.41, 5.74) is 1.20. The fourth-order valence-electron chi connectivity index (χ4n) is 4.37. The number of carbonyl (C=O) groups excluding carboxylic acids is 1. The molecule has 0 saturated carbocycles. The molecule has 4 heterocycles. The lowest BCUT2D eigenvalue weighted by Gasteiger charge is -2.32. The summed E-state index contributed by atoms with van der Waals surface area (Å²) in [6.07, 6.45) is 1.94. The van der Waals surface area contributed by atoms with E-state index in [-0.39, 0.29) is 48.0 Å². The molecule has 37 heavy (non-hydrogen) atoms. The summed E-state index contributed by atoms with van der Waals surface area (Å²) in [5.74, 6) is -3.40. The number of pyridine rings is 1. The number of aryl methyl sites for hydroxylation is 1. The van der Waals surface area contributed by atoms with Gasteiger partial charge in [-0.2, -0.15) is 0 Å². The lowest BCUT2D eigenvalue weighted by atomic mass is 10.0. The Morgan fingerprint density at radius 1 is 1.22 bits per heavy atom. The van der Waals surface area contributed by atoms with Crippen molar-refractivity contribution in [1.82, 2.24) is 19.3 Å². The maximum absolute atomic E-state index is 15.5. The number of methoxy groups -OCH3 is 1. The molecule has 12 heteroatoms. The van der Waals surface area contributed by atoms with Crippen LogP contribution in [0.4, 0.5) is 13.6 Å². The zero-order chi connectivity index (χ0) is 26.3. The number of aromatic nitrogens is 3. The Hall–Kier alpha value is -4.32. The van der Waals surface area contributed by atoms with Crippen LogP contribution in [0.3, 0.4) is 0 Å². The van der Waals surface area contributed by atoms with Gasteiger partial charge in [-0.05, 0) is 36.8 Å². The van der Waals surface area contributed by atoms with Crippen molar-refractivity contribution in [2.45, 2.75) is 19.4 Å². The van der Waals surface area contributed by atoms with Crippen LogP contribution in [0.25, 0.3) is 28.4 Å². The fraction of sp³-hybridized carbons (Fsp3) is 0.280. The van der Waals surface area contributed by atoms with E-state index in [9.17, 15) is 9.59 Å². The highest BCUT2D eigenvalue weighted by atomic mass is 19.1. The highest BCUT2D eigenvalue weighted by Crippen LogP contribution is 2.34. The predicted octanol–water partition coefficient (Wildman–Crippen LogP) is 3.95. The van der Waals surface area contributed by atoms with Gasteiger partial charge in [0.15, 0.2) is 5.69 Å². The summed E-state index contributed by atoms with van der Waals surface area (Å²) in [5, 5.41) is 9.04. The largest absolute Gasteiger partial charge is 0.476 e. The molecule has 1 aromatic carbocycles. The number of hydrogen-bond donors (Lipinski definition) is 1. The number of rotatable bonds is 5. The van der Waals surface area contributed by atoms with Crippen LogP contribution in [-0.4, -0.2) is 69.3 Å². The molecule has 1 aliphatic heterocycles. The maximum atomic E-state index is 15.5. The Labute approximate surface area is 209 Å². The van der Waals surface area contributed by atoms with Crippen molar-refractivity contribution < 1.29 is 37.4 Å². The molecule has 1 unspecified atom stereocenters. The molecule has 192 valence electrons. The SMILES string of the molecule is COC(=O)N1CCOC(Cc2c(-c3c(F)cc(-c4nc(C(=O)O)co4)cc3F)nc3cc(C)ccn23)C1. The summed E-state index contributed by atoms with van der Waals surface area (Å²) in [4.78, 5) is 32.9. The predicted molar refractivity (Wildman–Crippen MR) is 125 cm³/mol. The topological polar surface area (TPSA) is 119 Å². The summed E-state index contributed by atoms with van der Waals surface area (Å²) < 4.78 is 48.4. The number of imidazole rings is 1. The van der Waals surface area contributed by atoms with Crippen LogP contribution in [0, 0.1) is 18.6 Å². The van der Waals surface area contributed by atoms with Crippen LogP contribution < -0.4 is 0 Å². The van der Waals surface area contributed by atoms with Gasteiger partial charge in [-0.15, -0.1) is 0 Å². The zero-order valence-corrected chi connectivity index (χ0v) is 19.9. The number of halogens is 2. The molecule has 4 aromatic rings. The van der Waals surface area contributed by atoms with E-state index in [2.05, 4.69) is 9.97 Å². The van der Waals surface area contributed by atoms with Crippen molar-refractivity contribution in [2.24, 2.45) is 0 Å². The van der Waals surface area contributed by atoms with Crippen LogP contribution in [-0.2, 0) is 15.9 Å². The van der Waals surface area contributed by atoms with Gasteiger partial charge in [0.05, 0.1) is 43.3 Å². The Morgan fingerprint density at radius 2 is 1.97 bits per heavy atom. The van der Waals surface area contributed by atoms with Crippen LogP contribution in [0.15, 0.2) is 41.1 Å². The second kappa shape index (κ2) is 9.62. The number of nitrogens with zero attached hydrogens (tertiary/aromatic N) is 4. The first-order valence-electron chi connectivity index (χ1n) is 11.4. The number of ether oxygens (including phenoxy) is 2. The number of carboxylic acid groups (broad SMARTS) is 1. The number of carbonyl (C=O) groups is 2. The molecule has 1 saturated heterocycles. The number of amides is 1. The van der Waals surface area contributed by atoms with Crippen LogP contribution in [0.1, 0.15) is 21.7 Å². The van der Waals surface area contributed by atoms with E-state index in [0.29, 0.717) is 17.9 Å². The van der Waals surface area contributed by atoms with Crippen molar-refractivity contribution >= 4 is 17.7 Å². The minimum atomic E-state index is -1.33. The highest BCUT2D eigenvalue weighted by molar-refractivity contribution is 5.85. The van der Waals surface area contributed by atoms with Gasteiger partial charge in [0.1, 0.15) is 23.5 Å². The van der Waals surface area contributed by atoms with Gasteiger partial charge >= 0.3 is 12.1 Å². The van der Waals surface area contributed by atoms with E-state index in [1.54, 1.807) is 16.7 Å². The molecule has 0 radical (unpaired) electrons. The van der Waals surface area contributed by atoms with Crippen LogP contribution in [0.5, 0.6) is 0 Å². The number of carboxylic acids is 1. The summed E-state index contributed by atoms with van der Waals surface area (Å²) in [6.45, 7) is 2.78. The third-order valence-corrected chi connectivity index (χ3v) is 6.12. The lowest BCUT2D eigenvalue weighted by Crippen LogP contribution is -2.46. The van der Waals surface area contributed by atoms with E-state index in [1.165, 1.54) is 12.0 Å². The molecular weight excluding hydrogens is 490 g/mol. The van der Waals surface area contributed by atoms with E-state index in [4.69, 9.17) is 19.0 Å². The first-order chi connectivity index (χ1) is 17.7. The van der Waals surface area contributed by atoms with E-state index < -0.39 is 29.8 Å². The van der Waals surface area contributed by atoms with Crippen molar-refractivity contribution in [1.29, 1.82) is 0 Å². The van der Waals surface area contributed by atoms with Crippen molar-refractivity contribution in [3.05, 3.63) is 65.3 Å². The molecule has 1 aliphatic rings. The lowest BCUT2D eigenvalue weighted by molar-refractivity contribution is -0.0241. The van der Waals surface area contributed by atoms with Crippen molar-refractivity contribution in [2.75, 3.05) is 26.8 Å². The Bertz CT molecular complexity index is 1490. The van der Waals surface area contributed by atoms with Crippen LogP contribution >= 0.6 is 0 Å². The molecule has 1 atom stereocenters. The molecule has 0 bridgehead atoms. The van der Waals surface area contributed by atoms with Gasteiger partial charge in [0, 0.05) is 24.7 Å². The molecule has 3 aromatic heterocycles. The number of oxazole rings is 1. The molecule has 0 aliphatic carbocycles. The molecule has 5 rings (SSSR count). The second-order valence-corrected chi connectivity index (χ2v) is 8.61. The van der Waals surface area contributed by atoms with Gasteiger partial charge < -0.3 is 28.3 Å². The number of aromatic carboxylic acids is 1. The molecule has 1 N–H and O–H groups in total. The minimum Gasteiger partial charge on any atom is -0.476 e. The van der Waals surface area contributed by atoms with Crippen molar-refractivity contribution in [3.63, 3.8) is 0 Å². The average molecular weight is 512 g/mol. The fourth-order valence-corrected chi connectivity index (χ4v) is 4.37. The number of hydrogen-bond acceptors (Lipinski definition) is 7. The maximum Gasteiger partial charge on any atom is 0.409 e. The highest BCUT2D eigenvalue weighted by Gasteiger charge is 2.29. The number of fused-ring (bicyclic) bond motifs is 1. The summed E-state index contributed by atoms with van der Waals surface area (Å²) in [7, 11) is 1.30. The average Bonchev–Trinajstić information content (AvgIpc) is 3.49. The Morgan fingerprint density at radius 3 is 2.65 bits per heavy atom. The first kappa shape index (κ1) is 24.4. The quantitative estimate of drug-likeness (QED) is 0.427. The van der Waals surface area contributed by atoms with Gasteiger partial charge in [-0.3, -0.25) is 0 Å². The first-order valence-corrected chi connectivity index (χ1v) is 11.4. The molecule has 1 fully saturated rings. The van der Waals surface area contributed by atoms with Gasteiger partial charge in [-0.1, -0.05) is 0 Å². The van der Waals surface area contributed by atoms with Crippen LogP contribution in [0.2, 0.25) is 0 Å². The van der Waals surface area contributed by atoms with Gasteiger partial charge in [-0.25, -0.2) is 28.3 Å². The number of morpholine rings is 1. The minimum absolute atomic E-state index is 0.0586. The van der Waals surface area contributed by atoms with E-state index >= 15 is 8.78 Å². The third-order valence-electron chi connectivity index (χ3n) is 6.12. The zero-order valence-electron chi connectivity index (χ0n) is 19.9. The molecule has 10 nitrogen and oxygen atoms in total. The normalized spacial score (nSPS) is 15.8. The summed E-state index contributed by atoms with van der Waals surface area (Å²) in [6, 6.07) is 5.68. The smallest absolute Gasteiger partial charge is 0.409 e. The monoisotopic (exact) mass is 512 g/mol. The Balaban J connectivity index is 1.57. The Kier molecular flexibility index (Phi) is 6.34. The van der Waals surface area contributed by atoms with E-state index in [1.807, 2.05) is 13.0 Å².